The molecule has 0 unspecified atom stereocenters. The number of hydrogen-bond acceptors (Lipinski definition) is 3. The summed E-state index contributed by atoms with van der Waals surface area (Å²) in [5.41, 5.74) is 7.61. The minimum atomic E-state index is 0.556. The molecule has 0 saturated heterocycles. The molecule has 0 radical (unpaired) electrons. The van der Waals surface area contributed by atoms with Crippen LogP contribution in [0.2, 0.25) is 5.02 Å². The summed E-state index contributed by atoms with van der Waals surface area (Å²) in [7, 11) is 0. The number of rotatable bonds is 2. The Bertz CT molecular complexity index is 459. The van der Waals surface area contributed by atoms with Crippen LogP contribution in [0.25, 0.3) is 0 Å². The molecule has 15 heavy (non-hydrogen) atoms. The van der Waals surface area contributed by atoms with Crippen molar-refractivity contribution in [1.82, 2.24) is 14.8 Å². The van der Waals surface area contributed by atoms with Gasteiger partial charge in [-0.05, 0) is 18.6 Å². The molecule has 0 spiro atoms. The summed E-state index contributed by atoms with van der Waals surface area (Å²) < 4.78 is 1.77. The van der Waals surface area contributed by atoms with E-state index in [1.807, 2.05) is 19.2 Å². The van der Waals surface area contributed by atoms with E-state index in [9.17, 15) is 0 Å². The van der Waals surface area contributed by atoms with Gasteiger partial charge >= 0.3 is 0 Å². The molecule has 0 saturated carbocycles. The molecular weight excluding hydrogens is 212 g/mol. The van der Waals surface area contributed by atoms with Crippen molar-refractivity contribution < 1.29 is 0 Å². The molecule has 0 aliphatic rings. The van der Waals surface area contributed by atoms with Crippen molar-refractivity contribution >= 4 is 17.4 Å². The summed E-state index contributed by atoms with van der Waals surface area (Å²) in [6.45, 7) is 2.53. The second-order valence-electron chi connectivity index (χ2n) is 3.36. The van der Waals surface area contributed by atoms with E-state index in [0.29, 0.717) is 17.4 Å². The van der Waals surface area contributed by atoms with E-state index in [2.05, 4.69) is 10.1 Å². The Balaban J connectivity index is 2.26. The van der Waals surface area contributed by atoms with Crippen LogP contribution in [-0.2, 0) is 6.54 Å². The lowest BCUT2D eigenvalue weighted by molar-refractivity contribution is 0.689. The van der Waals surface area contributed by atoms with Gasteiger partial charge in [0.1, 0.15) is 5.82 Å². The van der Waals surface area contributed by atoms with Gasteiger partial charge in [-0.1, -0.05) is 11.6 Å². The number of hydrogen-bond donors (Lipinski definition) is 1. The van der Waals surface area contributed by atoms with E-state index in [0.717, 1.165) is 11.1 Å². The van der Waals surface area contributed by atoms with Gasteiger partial charge in [-0.15, -0.1) is 0 Å². The lowest BCUT2D eigenvalue weighted by Crippen LogP contribution is -2.01. The summed E-state index contributed by atoms with van der Waals surface area (Å²) >= 11 is 5.99. The third kappa shape index (κ3) is 2.10. The van der Waals surface area contributed by atoms with E-state index in [1.165, 1.54) is 0 Å². The number of nitrogens with zero attached hydrogens (tertiary/aromatic N) is 3. The van der Waals surface area contributed by atoms with Crippen LogP contribution >= 0.6 is 11.6 Å². The number of anilines is 1. The molecule has 5 heteroatoms. The second-order valence-corrected chi connectivity index (χ2v) is 3.77. The Kier molecular flexibility index (Phi) is 2.60. The fourth-order valence-corrected chi connectivity index (χ4v) is 1.50. The van der Waals surface area contributed by atoms with Gasteiger partial charge in [0.2, 0.25) is 0 Å². The summed E-state index contributed by atoms with van der Waals surface area (Å²) in [5.74, 6) is 0.556. The van der Waals surface area contributed by atoms with Crippen molar-refractivity contribution in [2.45, 2.75) is 13.5 Å². The number of aromatic nitrogens is 3. The van der Waals surface area contributed by atoms with Crippen LogP contribution in [0.3, 0.4) is 0 Å². The third-order valence-electron chi connectivity index (χ3n) is 2.17. The summed E-state index contributed by atoms with van der Waals surface area (Å²) in [4.78, 5) is 3.92. The zero-order valence-corrected chi connectivity index (χ0v) is 9.07. The van der Waals surface area contributed by atoms with Gasteiger partial charge in [-0.3, -0.25) is 9.67 Å². The van der Waals surface area contributed by atoms with Gasteiger partial charge in [0, 0.05) is 24.2 Å². The van der Waals surface area contributed by atoms with Crippen molar-refractivity contribution in [2.75, 3.05) is 5.73 Å². The molecule has 0 amide bonds. The number of nitrogens with two attached hydrogens (primary N) is 1. The van der Waals surface area contributed by atoms with Gasteiger partial charge < -0.3 is 5.73 Å². The molecule has 2 rings (SSSR count). The first-order valence-corrected chi connectivity index (χ1v) is 4.92. The monoisotopic (exact) mass is 222 g/mol. The van der Waals surface area contributed by atoms with Crippen molar-refractivity contribution in [2.24, 2.45) is 0 Å². The quantitative estimate of drug-likeness (QED) is 0.844. The highest BCUT2D eigenvalue weighted by molar-refractivity contribution is 6.31. The third-order valence-corrected chi connectivity index (χ3v) is 2.51. The topological polar surface area (TPSA) is 56.7 Å². The number of halogens is 1. The van der Waals surface area contributed by atoms with Gasteiger partial charge in [0.15, 0.2) is 0 Å². The Hall–Kier alpha value is -1.55. The fourth-order valence-electron chi connectivity index (χ4n) is 1.32. The molecule has 0 aliphatic carbocycles. The lowest BCUT2D eigenvalue weighted by atomic mass is 10.3. The zero-order chi connectivity index (χ0) is 10.8. The van der Waals surface area contributed by atoms with E-state index in [-0.39, 0.29) is 0 Å². The van der Waals surface area contributed by atoms with E-state index < -0.39 is 0 Å². The number of aryl methyl sites for hydroxylation is 1. The first-order valence-electron chi connectivity index (χ1n) is 4.55. The van der Waals surface area contributed by atoms with Gasteiger partial charge in [0.05, 0.1) is 11.6 Å². The predicted octanol–water partition coefficient (Wildman–Crippen LogP) is 1.87. The molecule has 78 valence electrons. The molecule has 0 atom stereocenters. The maximum Gasteiger partial charge on any atom is 0.148 e. The molecule has 2 aromatic rings. The smallest absolute Gasteiger partial charge is 0.148 e. The normalized spacial score (nSPS) is 10.5. The second kappa shape index (κ2) is 3.90. The Morgan fingerprint density at radius 2 is 2.33 bits per heavy atom. The van der Waals surface area contributed by atoms with Crippen molar-refractivity contribution in [3.63, 3.8) is 0 Å². The minimum Gasteiger partial charge on any atom is -0.382 e. The first kappa shape index (κ1) is 9.98. The van der Waals surface area contributed by atoms with E-state index in [1.54, 1.807) is 17.1 Å². The van der Waals surface area contributed by atoms with Gasteiger partial charge in [-0.25, -0.2) is 0 Å². The van der Waals surface area contributed by atoms with Crippen LogP contribution in [0.4, 0.5) is 5.82 Å². The van der Waals surface area contributed by atoms with Crippen molar-refractivity contribution in [3.8, 4) is 0 Å². The van der Waals surface area contributed by atoms with Crippen molar-refractivity contribution in [1.29, 1.82) is 0 Å². The highest BCUT2D eigenvalue weighted by atomic mass is 35.5. The molecule has 2 aromatic heterocycles. The van der Waals surface area contributed by atoms with E-state index in [4.69, 9.17) is 17.3 Å². The Morgan fingerprint density at radius 1 is 1.53 bits per heavy atom. The largest absolute Gasteiger partial charge is 0.382 e. The summed E-state index contributed by atoms with van der Waals surface area (Å²) in [6.07, 6.45) is 5.23. The van der Waals surface area contributed by atoms with Crippen LogP contribution in [0, 0.1) is 6.92 Å². The van der Waals surface area contributed by atoms with Crippen LogP contribution in [-0.4, -0.2) is 14.8 Å². The first-order chi connectivity index (χ1) is 7.16. The minimum absolute atomic E-state index is 0.556. The lowest BCUT2D eigenvalue weighted by Gasteiger charge is -2.02. The Morgan fingerprint density at radius 3 is 2.93 bits per heavy atom. The standard InChI is InChI=1S/C10H11ClN4/c1-7-5-15(14-10(7)12)6-8-2-3-13-4-9(8)11/h2-5H,6H2,1H3,(H2,12,14). The molecular formula is C10H11ClN4. The Labute approximate surface area is 92.7 Å². The molecule has 0 aromatic carbocycles. The predicted molar refractivity (Wildman–Crippen MR) is 59.7 cm³/mol. The molecule has 0 fully saturated rings. The van der Waals surface area contributed by atoms with Crippen LogP contribution in [0.1, 0.15) is 11.1 Å². The zero-order valence-electron chi connectivity index (χ0n) is 8.31. The highest BCUT2D eigenvalue weighted by Crippen LogP contribution is 2.15. The molecule has 4 nitrogen and oxygen atoms in total. The highest BCUT2D eigenvalue weighted by Gasteiger charge is 2.04. The summed E-state index contributed by atoms with van der Waals surface area (Å²) in [6, 6.07) is 1.87. The fraction of sp³-hybridized carbons (Fsp3) is 0.200. The number of pyridine rings is 1. The average molecular weight is 223 g/mol. The van der Waals surface area contributed by atoms with Gasteiger partial charge in [0.25, 0.3) is 0 Å². The van der Waals surface area contributed by atoms with Crippen LogP contribution < -0.4 is 5.73 Å². The van der Waals surface area contributed by atoms with Crippen LogP contribution in [0.5, 0.6) is 0 Å². The molecule has 0 bridgehead atoms. The van der Waals surface area contributed by atoms with E-state index >= 15 is 0 Å². The maximum atomic E-state index is 5.99. The van der Waals surface area contributed by atoms with Gasteiger partial charge in [-0.2, -0.15) is 5.10 Å². The summed E-state index contributed by atoms with van der Waals surface area (Å²) in [5, 5.41) is 4.80. The van der Waals surface area contributed by atoms with Crippen LogP contribution in [0.15, 0.2) is 24.7 Å². The molecule has 2 N–H and O–H groups in total. The maximum absolute atomic E-state index is 5.99. The SMILES string of the molecule is Cc1cn(Cc2ccncc2Cl)nc1N. The molecule has 2 heterocycles. The van der Waals surface area contributed by atoms with Crippen molar-refractivity contribution in [3.05, 3.63) is 40.8 Å². The molecule has 0 aliphatic heterocycles. The number of nitrogen functional groups attached to an aromatic ring is 1. The average Bonchev–Trinajstić information content (AvgIpc) is 2.50.